The van der Waals surface area contributed by atoms with E-state index in [2.05, 4.69) is 4.90 Å². The molecule has 6 rings (SSSR count). The number of aromatic hydroxyl groups is 1. The van der Waals surface area contributed by atoms with Gasteiger partial charge in [-0.25, -0.2) is 0 Å². The Labute approximate surface area is 153 Å². The largest absolute Gasteiger partial charge is 0.504 e. The van der Waals surface area contributed by atoms with Crippen LogP contribution in [0.25, 0.3) is 0 Å². The number of ether oxygens (including phenoxy) is 1. The molecule has 5 aliphatic rings. The fraction of sp³-hybridized carbons (Fsp3) is 0.714. The van der Waals surface area contributed by atoms with Gasteiger partial charge >= 0.3 is 0 Å². The van der Waals surface area contributed by atoms with Gasteiger partial charge in [-0.2, -0.15) is 0 Å². The topological polar surface area (TPSA) is 73.2 Å². The SMILES string of the molecule is Oc1ccc2c3c1OC1C(O)CC[C@@]4(O)C(C2)N(CC2CCC2)CC[C@]314. The van der Waals surface area contributed by atoms with Gasteiger partial charge in [0.1, 0.15) is 6.10 Å². The molecule has 3 N–H and O–H groups in total. The third-order valence-electron chi connectivity index (χ3n) is 8.26. The van der Waals surface area contributed by atoms with E-state index in [0.29, 0.717) is 18.6 Å². The maximum absolute atomic E-state index is 12.1. The predicted molar refractivity (Wildman–Crippen MR) is 95.4 cm³/mol. The number of hydrogen-bond acceptors (Lipinski definition) is 5. The van der Waals surface area contributed by atoms with E-state index in [-0.39, 0.29) is 11.8 Å². The summed E-state index contributed by atoms with van der Waals surface area (Å²) in [5, 5.41) is 33.2. The van der Waals surface area contributed by atoms with Crippen molar-refractivity contribution in [3.05, 3.63) is 23.3 Å². The Balaban J connectivity index is 1.52. The summed E-state index contributed by atoms with van der Waals surface area (Å²) >= 11 is 0. The number of aliphatic hydroxyl groups is 2. The Bertz CT molecular complexity index is 778. The highest BCUT2D eigenvalue weighted by Crippen LogP contribution is 2.65. The van der Waals surface area contributed by atoms with Crippen LogP contribution in [0.2, 0.25) is 0 Å². The summed E-state index contributed by atoms with van der Waals surface area (Å²) in [4.78, 5) is 2.53. The Morgan fingerprint density at radius 3 is 2.81 bits per heavy atom. The molecular formula is C21H27NO4. The smallest absolute Gasteiger partial charge is 0.165 e. The average molecular weight is 357 g/mol. The third kappa shape index (κ3) is 1.64. The highest BCUT2D eigenvalue weighted by molar-refractivity contribution is 5.62. The molecule has 26 heavy (non-hydrogen) atoms. The van der Waals surface area contributed by atoms with Crippen LogP contribution in [0, 0.1) is 5.92 Å². The molecule has 5 heteroatoms. The first kappa shape index (κ1) is 15.7. The van der Waals surface area contributed by atoms with Crippen LogP contribution in [-0.4, -0.2) is 57.2 Å². The van der Waals surface area contributed by atoms with E-state index in [4.69, 9.17) is 4.74 Å². The summed E-state index contributed by atoms with van der Waals surface area (Å²) in [6.07, 6.45) is 5.68. The lowest BCUT2D eigenvalue weighted by Gasteiger charge is -2.64. The zero-order chi connectivity index (χ0) is 17.7. The zero-order valence-electron chi connectivity index (χ0n) is 15.0. The first-order valence-electron chi connectivity index (χ1n) is 10.2. The van der Waals surface area contributed by atoms with Gasteiger partial charge < -0.3 is 20.1 Å². The quantitative estimate of drug-likeness (QED) is 0.751. The van der Waals surface area contributed by atoms with Gasteiger partial charge in [0.2, 0.25) is 0 Å². The number of piperidine rings is 1. The lowest BCUT2D eigenvalue weighted by molar-refractivity contribution is -0.209. The lowest BCUT2D eigenvalue weighted by atomic mass is 9.48. The molecule has 5 nitrogen and oxygen atoms in total. The molecule has 2 bridgehead atoms. The van der Waals surface area contributed by atoms with Crippen LogP contribution in [0.15, 0.2) is 12.1 Å². The molecule has 0 amide bonds. The van der Waals surface area contributed by atoms with Crippen molar-refractivity contribution in [1.29, 1.82) is 0 Å². The van der Waals surface area contributed by atoms with Crippen LogP contribution in [0.3, 0.4) is 0 Å². The second kappa shape index (κ2) is 4.94. The lowest BCUT2D eigenvalue weighted by Crippen LogP contribution is -2.77. The molecule has 1 aromatic rings. The van der Waals surface area contributed by atoms with Gasteiger partial charge in [-0.05, 0) is 62.6 Å². The summed E-state index contributed by atoms with van der Waals surface area (Å²) in [5.41, 5.74) is 0.712. The molecule has 2 saturated carbocycles. The normalized spacial score (nSPS) is 43.5. The molecule has 140 valence electrons. The zero-order valence-corrected chi connectivity index (χ0v) is 15.0. The molecule has 3 fully saturated rings. The molecule has 1 saturated heterocycles. The summed E-state index contributed by atoms with van der Waals surface area (Å²) < 4.78 is 6.16. The number of phenols is 1. The second-order valence-corrected chi connectivity index (χ2v) is 9.25. The summed E-state index contributed by atoms with van der Waals surface area (Å²) in [5.74, 6) is 1.42. The van der Waals surface area contributed by atoms with Crippen molar-refractivity contribution in [2.75, 3.05) is 13.1 Å². The number of likely N-dealkylation sites (tertiary alicyclic amines) is 1. The highest BCUT2D eigenvalue weighted by Gasteiger charge is 2.72. The molecule has 2 aliphatic heterocycles. The van der Waals surface area contributed by atoms with Crippen molar-refractivity contribution in [2.24, 2.45) is 5.92 Å². The molecule has 3 aliphatic carbocycles. The fourth-order valence-electron chi connectivity index (χ4n) is 6.83. The molecule has 5 atom stereocenters. The van der Waals surface area contributed by atoms with E-state index in [1.807, 2.05) is 6.07 Å². The number of phenolic OH excluding ortho intramolecular Hbond substituents is 1. The monoisotopic (exact) mass is 357 g/mol. The van der Waals surface area contributed by atoms with Crippen LogP contribution in [0.5, 0.6) is 11.5 Å². The number of nitrogens with zero attached hydrogens (tertiary/aromatic N) is 1. The molecule has 2 heterocycles. The second-order valence-electron chi connectivity index (χ2n) is 9.25. The molecule has 3 unspecified atom stereocenters. The molecule has 1 spiro atoms. The minimum atomic E-state index is -0.884. The van der Waals surface area contributed by atoms with E-state index in [0.717, 1.165) is 37.4 Å². The van der Waals surface area contributed by atoms with Crippen LogP contribution in [-0.2, 0) is 11.8 Å². The van der Waals surface area contributed by atoms with Crippen molar-refractivity contribution in [3.63, 3.8) is 0 Å². The molecule has 0 aromatic heterocycles. The average Bonchev–Trinajstić information content (AvgIpc) is 2.93. The van der Waals surface area contributed by atoms with Gasteiger partial charge in [-0.3, -0.25) is 4.90 Å². The third-order valence-corrected chi connectivity index (χ3v) is 8.26. The van der Waals surface area contributed by atoms with Gasteiger partial charge in [0, 0.05) is 18.2 Å². The van der Waals surface area contributed by atoms with Crippen molar-refractivity contribution < 1.29 is 20.1 Å². The number of aliphatic hydroxyl groups excluding tert-OH is 1. The van der Waals surface area contributed by atoms with Crippen LogP contribution < -0.4 is 4.74 Å². The van der Waals surface area contributed by atoms with Gasteiger partial charge in [0.15, 0.2) is 11.5 Å². The van der Waals surface area contributed by atoms with Crippen molar-refractivity contribution in [3.8, 4) is 11.5 Å². The minimum Gasteiger partial charge on any atom is -0.504 e. The minimum absolute atomic E-state index is 0.0819. The first-order chi connectivity index (χ1) is 12.5. The van der Waals surface area contributed by atoms with E-state index in [1.54, 1.807) is 6.07 Å². The maximum Gasteiger partial charge on any atom is 0.165 e. The van der Waals surface area contributed by atoms with E-state index >= 15 is 0 Å². The Morgan fingerprint density at radius 1 is 1.19 bits per heavy atom. The summed E-state index contributed by atoms with van der Waals surface area (Å²) in [7, 11) is 0. The standard InChI is InChI=1S/C21H27NO4/c23-14-5-4-13-10-16-21(25)7-6-15(24)19-20(21,17(13)18(14)26-19)8-9-22(16)11-12-2-1-3-12/h4-5,12,15-16,19,23-25H,1-3,6-11H2/t15?,16?,19?,20-,21+/m0/s1. The molecule has 0 radical (unpaired) electrons. The Kier molecular flexibility index (Phi) is 2.99. The fourth-order valence-corrected chi connectivity index (χ4v) is 6.83. The maximum atomic E-state index is 12.1. The number of benzene rings is 1. The highest BCUT2D eigenvalue weighted by atomic mass is 16.5. The summed E-state index contributed by atoms with van der Waals surface area (Å²) in [6.45, 7) is 2.02. The van der Waals surface area contributed by atoms with Crippen LogP contribution in [0.1, 0.15) is 49.7 Å². The van der Waals surface area contributed by atoms with Crippen LogP contribution >= 0.6 is 0 Å². The van der Waals surface area contributed by atoms with Crippen LogP contribution in [0.4, 0.5) is 0 Å². The number of hydrogen-bond donors (Lipinski definition) is 3. The van der Waals surface area contributed by atoms with E-state index < -0.39 is 23.2 Å². The number of rotatable bonds is 2. The van der Waals surface area contributed by atoms with Gasteiger partial charge in [-0.15, -0.1) is 0 Å². The predicted octanol–water partition coefficient (Wildman–Crippen LogP) is 1.71. The van der Waals surface area contributed by atoms with Gasteiger partial charge in [-0.1, -0.05) is 12.5 Å². The van der Waals surface area contributed by atoms with E-state index in [1.165, 1.54) is 24.8 Å². The molecule has 1 aromatic carbocycles. The summed E-state index contributed by atoms with van der Waals surface area (Å²) in [6, 6.07) is 3.80. The van der Waals surface area contributed by atoms with Crippen molar-refractivity contribution >= 4 is 0 Å². The van der Waals surface area contributed by atoms with Gasteiger partial charge in [0.05, 0.1) is 17.1 Å². The van der Waals surface area contributed by atoms with E-state index in [9.17, 15) is 15.3 Å². The first-order valence-corrected chi connectivity index (χ1v) is 10.2. The van der Waals surface area contributed by atoms with Gasteiger partial charge in [0.25, 0.3) is 0 Å². The van der Waals surface area contributed by atoms with Crippen molar-refractivity contribution in [1.82, 2.24) is 4.90 Å². The Hall–Kier alpha value is -1.30. The Morgan fingerprint density at radius 2 is 2.04 bits per heavy atom. The van der Waals surface area contributed by atoms with Crippen molar-refractivity contribution in [2.45, 2.75) is 74.2 Å². The molecular weight excluding hydrogens is 330 g/mol.